The first-order valence-corrected chi connectivity index (χ1v) is 9.46. The van der Waals surface area contributed by atoms with Crippen LogP contribution < -0.4 is 4.74 Å². The summed E-state index contributed by atoms with van der Waals surface area (Å²) in [6.45, 7) is 1.62. The van der Waals surface area contributed by atoms with E-state index in [9.17, 15) is 4.79 Å². The van der Waals surface area contributed by atoms with Crippen LogP contribution in [0.4, 0.5) is 0 Å². The average Bonchev–Trinajstić information content (AvgIpc) is 2.69. The molecule has 0 unspecified atom stereocenters. The molecule has 5 heteroatoms. The van der Waals surface area contributed by atoms with E-state index in [0.29, 0.717) is 15.6 Å². The van der Waals surface area contributed by atoms with Gasteiger partial charge in [-0.1, -0.05) is 47.5 Å². The lowest BCUT2D eigenvalue weighted by Crippen LogP contribution is -2.34. The highest BCUT2D eigenvalue weighted by molar-refractivity contribution is 6.43. The molecule has 2 aromatic carbocycles. The molecule has 0 aromatic heterocycles. The molecule has 1 amide bonds. The predicted molar refractivity (Wildman–Crippen MR) is 108 cm³/mol. The van der Waals surface area contributed by atoms with E-state index in [4.69, 9.17) is 27.9 Å². The predicted octanol–water partition coefficient (Wildman–Crippen LogP) is 5.69. The lowest BCUT2D eigenvalue weighted by molar-refractivity contribution is -0.126. The van der Waals surface area contributed by atoms with E-state index in [0.717, 1.165) is 42.8 Å². The van der Waals surface area contributed by atoms with Crippen LogP contribution in [0.2, 0.25) is 10.0 Å². The number of carbonyl (C=O) groups excluding carboxylic acids is 1. The second-order valence-electron chi connectivity index (χ2n) is 6.24. The summed E-state index contributed by atoms with van der Waals surface area (Å²) < 4.78 is 5.47. The number of carbonyl (C=O) groups is 1. The molecule has 1 aliphatic rings. The molecule has 1 fully saturated rings. The third-order valence-electron chi connectivity index (χ3n) is 4.59. The van der Waals surface area contributed by atoms with Crippen molar-refractivity contribution < 1.29 is 9.53 Å². The van der Waals surface area contributed by atoms with Gasteiger partial charge in [0.1, 0.15) is 5.75 Å². The van der Waals surface area contributed by atoms with E-state index in [1.165, 1.54) is 6.42 Å². The molecular weight excluding hydrogens is 369 g/mol. The summed E-state index contributed by atoms with van der Waals surface area (Å²) >= 11 is 12.7. The topological polar surface area (TPSA) is 29.5 Å². The summed E-state index contributed by atoms with van der Waals surface area (Å²) in [6.07, 6.45) is 6.65. The van der Waals surface area contributed by atoms with Crippen LogP contribution in [-0.2, 0) is 4.79 Å². The van der Waals surface area contributed by atoms with E-state index < -0.39 is 0 Å². The number of ether oxygens (including phenoxy) is 1. The number of rotatable bonds is 4. The molecule has 1 saturated heterocycles. The zero-order chi connectivity index (χ0) is 18.5. The Morgan fingerprint density at radius 3 is 2.50 bits per heavy atom. The molecule has 0 aliphatic carbocycles. The Kier molecular flexibility index (Phi) is 6.23. The van der Waals surface area contributed by atoms with E-state index >= 15 is 0 Å². The normalized spacial score (nSPS) is 14.7. The van der Waals surface area contributed by atoms with Crippen LogP contribution in [-0.4, -0.2) is 31.0 Å². The van der Waals surface area contributed by atoms with Gasteiger partial charge in [-0.25, -0.2) is 0 Å². The molecule has 0 bridgehead atoms. The standard InChI is InChI=1S/C21H21Cl2NO2/c1-26-19-8-4-3-7-16(19)15-9-11-18(22)21(23)17(15)10-12-20(25)24-13-5-2-6-14-24/h3-4,7-12H,2,5-6,13-14H2,1H3. The zero-order valence-electron chi connectivity index (χ0n) is 14.7. The fourth-order valence-corrected chi connectivity index (χ4v) is 3.60. The van der Waals surface area contributed by atoms with Crippen LogP contribution in [0.5, 0.6) is 5.75 Å². The number of amides is 1. The molecule has 0 spiro atoms. The number of hydrogen-bond donors (Lipinski definition) is 0. The molecular formula is C21H21Cl2NO2. The van der Waals surface area contributed by atoms with Gasteiger partial charge in [0.25, 0.3) is 0 Å². The number of likely N-dealkylation sites (tertiary alicyclic amines) is 1. The van der Waals surface area contributed by atoms with Gasteiger partial charge in [-0.2, -0.15) is 0 Å². The van der Waals surface area contributed by atoms with E-state index in [-0.39, 0.29) is 5.91 Å². The number of para-hydroxylation sites is 1. The molecule has 136 valence electrons. The third kappa shape index (κ3) is 4.05. The van der Waals surface area contributed by atoms with Gasteiger partial charge in [0.2, 0.25) is 5.91 Å². The Morgan fingerprint density at radius 2 is 1.77 bits per heavy atom. The Hall–Kier alpha value is -1.97. The highest BCUT2D eigenvalue weighted by Gasteiger charge is 2.16. The summed E-state index contributed by atoms with van der Waals surface area (Å²) in [5.41, 5.74) is 2.49. The summed E-state index contributed by atoms with van der Waals surface area (Å²) in [6, 6.07) is 11.4. The lowest BCUT2D eigenvalue weighted by Gasteiger charge is -2.25. The molecule has 0 saturated carbocycles. The number of methoxy groups -OCH3 is 1. The van der Waals surface area contributed by atoms with Crippen LogP contribution in [0, 0.1) is 0 Å². The molecule has 0 N–H and O–H groups in total. The second-order valence-corrected chi connectivity index (χ2v) is 7.03. The highest BCUT2D eigenvalue weighted by Crippen LogP contribution is 2.38. The fourth-order valence-electron chi connectivity index (χ4n) is 3.21. The summed E-state index contributed by atoms with van der Waals surface area (Å²) in [7, 11) is 1.63. The quantitative estimate of drug-likeness (QED) is 0.628. The summed E-state index contributed by atoms with van der Waals surface area (Å²) in [5, 5.41) is 0.883. The molecule has 1 heterocycles. The van der Waals surface area contributed by atoms with Crippen LogP contribution in [0.3, 0.4) is 0 Å². The van der Waals surface area contributed by atoms with Gasteiger partial charge in [-0.15, -0.1) is 0 Å². The first-order chi connectivity index (χ1) is 12.6. The average molecular weight is 390 g/mol. The third-order valence-corrected chi connectivity index (χ3v) is 5.41. The zero-order valence-corrected chi connectivity index (χ0v) is 16.2. The minimum absolute atomic E-state index is 0.00622. The van der Waals surface area contributed by atoms with E-state index in [1.807, 2.05) is 35.2 Å². The van der Waals surface area contributed by atoms with Crippen molar-refractivity contribution in [2.75, 3.05) is 20.2 Å². The van der Waals surface area contributed by atoms with Crippen LogP contribution in [0.15, 0.2) is 42.5 Å². The van der Waals surface area contributed by atoms with Crippen LogP contribution in [0.1, 0.15) is 24.8 Å². The van der Waals surface area contributed by atoms with Gasteiger partial charge in [-0.3, -0.25) is 4.79 Å². The van der Waals surface area contributed by atoms with Crippen molar-refractivity contribution in [1.82, 2.24) is 4.90 Å². The van der Waals surface area contributed by atoms with Crippen molar-refractivity contribution in [2.24, 2.45) is 0 Å². The van der Waals surface area contributed by atoms with Crippen LogP contribution >= 0.6 is 23.2 Å². The second kappa shape index (κ2) is 8.61. The first-order valence-electron chi connectivity index (χ1n) is 8.70. The maximum absolute atomic E-state index is 12.5. The molecule has 26 heavy (non-hydrogen) atoms. The minimum Gasteiger partial charge on any atom is -0.496 e. The number of piperidine rings is 1. The Balaban J connectivity index is 1.99. The fraction of sp³-hybridized carbons (Fsp3) is 0.286. The van der Waals surface area contributed by atoms with Crippen molar-refractivity contribution in [3.05, 3.63) is 58.1 Å². The van der Waals surface area contributed by atoms with Gasteiger partial charge in [0.15, 0.2) is 0 Å². The van der Waals surface area contributed by atoms with Gasteiger partial charge in [0, 0.05) is 30.3 Å². The van der Waals surface area contributed by atoms with Crippen LogP contribution in [0.25, 0.3) is 17.2 Å². The highest BCUT2D eigenvalue weighted by atomic mass is 35.5. The molecule has 0 atom stereocenters. The maximum atomic E-state index is 12.5. The molecule has 0 radical (unpaired) electrons. The minimum atomic E-state index is 0.00622. The molecule has 3 nitrogen and oxygen atoms in total. The smallest absolute Gasteiger partial charge is 0.246 e. The summed E-state index contributed by atoms with van der Waals surface area (Å²) in [5.74, 6) is 0.745. The molecule has 1 aliphatic heterocycles. The lowest BCUT2D eigenvalue weighted by atomic mass is 9.98. The van der Waals surface area contributed by atoms with E-state index in [2.05, 4.69) is 0 Å². The first kappa shape index (κ1) is 18.8. The Bertz CT molecular complexity index is 827. The largest absolute Gasteiger partial charge is 0.496 e. The number of halogens is 2. The van der Waals surface area contributed by atoms with E-state index in [1.54, 1.807) is 25.3 Å². The summed E-state index contributed by atoms with van der Waals surface area (Å²) in [4.78, 5) is 14.4. The van der Waals surface area contributed by atoms with Gasteiger partial charge in [-0.05, 0) is 43.0 Å². The van der Waals surface area contributed by atoms with Crippen molar-refractivity contribution >= 4 is 35.2 Å². The van der Waals surface area contributed by atoms with Gasteiger partial charge < -0.3 is 9.64 Å². The van der Waals surface area contributed by atoms with Crippen molar-refractivity contribution in [1.29, 1.82) is 0 Å². The SMILES string of the molecule is COc1ccccc1-c1ccc(Cl)c(Cl)c1C=CC(=O)N1CCCCC1. The molecule has 3 rings (SSSR count). The number of benzene rings is 2. The van der Waals surface area contributed by atoms with Gasteiger partial charge in [0.05, 0.1) is 17.2 Å². The number of nitrogens with zero attached hydrogens (tertiary/aromatic N) is 1. The Morgan fingerprint density at radius 1 is 1.04 bits per heavy atom. The van der Waals surface area contributed by atoms with Crippen molar-refractivity contribution in [2.45, 2.75) is 19.3 Å². The van der Waals surface area contributed by atoms with Gasteiger partial charge >= 0.3 is 0 Å². The Labute approximate surface area is 164 Å². The van der Waals surface area contributed by atoms with Crippen molar-refractivity contribution in [3.63, 3.8) is 0 Å². The van der Waals surface area contributed by atoms with Crippen molar-refractivity contribution in [3.8, 4) is 16.9 Å². The molecule has 2 aromatic rings. The monoisotopic (exact) mass is 389 g/mol. The maximum Gasteiger partial charge on any atom is 0.246 e. The number of hydrogen-bond acceptors (Lipinski definition) is 2.